The van der Waals surface area contributed by atoms with Crippen molar-refractivity contribution < 1.29 is 22.7 Å². The predicted molar refractivity (Wildman–Crippen MR) is 172 cm³/mol. The van der Waals surface area contributed by atoms with Crippen LogP contribution in [-0.4, -0.2) is 90.7 Å². The van der Waals surface area contributed by atoms with Crippen LogP contribution in [-0.2, 0) is 11.0 Å². The molecule has 1 amide bonds. The molecule has 0 bridgehead atoms. The highest BCUT2D eigenvalue weighted by Crippen LogP contribution is 2.37. The largest absolute Gasteiger partial charge is 0.494 e. The number of alkyl halides is 3. The smallest absolute Gasteiger partial charge is 0.421 e. The second-order valence-electron chi connectivity index (χ2n) is 12.8. The van der Waals surface area contributed by atoms with Gasteiger partial charge in [-0.2, -0.15) is 18.2 Å². The lowest BCUT2D eigenvalue weighted by molar-refractivity contribution is -0.137. The summed E-state index contributed by atoms with van der Waals surface area (Å²) in [6.45, 7) is 11.1. The molecule has 0 spiro atoms. The second kappa shape index (κ2) is 13.5. The summed E-state index contributed by atoms with van der Waals surface area (Å²) in [5.74, 6) is -0.123. The van der Waals surface area contributed by atoms with Crippen LogP contribution in [0.3, 0.4) is 0 Å². The van der Waals surface area contributed by atoms with E-state index in [1.54, 1.807) is 7.11 Å². The van der Waals surface area contributed by atoms with Gasteiger partial charge in [-0.3, -0.25) is 14.6 Å². The second-order valence-corrected chi connectivity index (χ2v) is 12.8. The molecular formula is C33H43F3N8O2. The number of amides is 1. The van der Waals surface area contributed by atoms with Crippen LogP contribution in [0.15, 0.2) is 48.3 Å². The minimum Gasteiger partial charge on any atom is -0.494 e. The van der Waals surface area contributed by atoms with E-state index in [2.05, 4.69) is 54.5 Å². The molecule has 248 valence electrons. The Morgan fingerprint density at radius 2 is 1.87 bits per heavy atom. The number of piperazine rings is 1. The number of hydrogen-bond donors (Lipinski definition) is 3. The fourth-order valence-electron chi connectivity index (χ4n) is 7.02. The number of nitrogens with one attached hydrogen (secondary N) is 3. The lowest BCUT2D eigenvalue weighted by Crippen LogP contribution is -2.54. The topological polar surface area (TPSA) is 97.9 Å². The minimum atomic E-state index is -4.64. The number of allylic oxidation sites excluding steroid dienone is 3. The van der Waals surface area contributed by atoms with Crippen LogP contribution in [0.25, 0.3) is 0 Å². The van der Waals surface area contributed by atoms with Crippen LogP contribution >= 0.6 is 0 Å². The number of ether oxygens (including phenoxy) is 1. The number of benzene rings is 1. The molecule has 3 N–H and O–H groups in total. The zero-order valence-electron chi connectivity index (χ0n) is 26.6. The van der Waals surface area contributed by atoms with Crippen molar-refractivity contribution in [3.05, 3.63) is 53.9 Å². The highest BCUT2D eigenvalue weighted by Gasteiger charge is 2.37. The van der Waals surface area contributed by atoms with Crippen molar-refractivity contribution in [1.29, 1.82) is 0 Å². The Morgan fingerprint density at radius 1 is 1.11 bits per heavy atom. The van der Waals surface area contributed by atoms with Gasteiger partial charge < -0.3 is 25.6 Å². The zero-order chi connectivity index (χ0) is 32.4. The summed E-state index contributed by atoms with van der Waals surface area (Å²) in [7, 11) is 1.57. The average molecular weight is 641 g/mol. The molecular weight excluding hydrogens is 597 g/mol. The SMILES string of the molecule is COc1cc(N2CCC(N3CCN(C(C)C)CC3)CC2)ccc1Nc1ncc(C(F)(F)F)c(NCC2C=CC=C3NC(=O)CC32)n1. The molecule has 3 saturated heterocycles. The van der Waals surface area contributed by atoms with E-state index in [4.69, 9.17) is 4.74 Å². The van der Waals surface area contributed by atoms with Gasteiger partial charge in [0, 0.05) is 99.8 Å². The molecule has 0 radical (unpaired) electrons. The van der Waals surface area contributed by atoms with E-state index in [1.165, 1.54) is 0 Å². The van der Waals surface area contributed by atoms with Crippen molar-refractivity contribution in [2.45, 2.75) is 51.4 Å². The quantitative estimate of drug-likeness (QED) is 0.355. The van der Waals surface area contributed by atoms with E-state index in [9.17, 15) is 18.0 Å². The first-order chi connectivity index (χ1) is 22.1. The number of nitrogens with zero attached hydrogens (tertiary/aromatic N) is 5. The van der Waals surface area contributed by atoms with E-state index in [0.29, 0.717) is 29.9 Å². The van der Waals surface area contributed by atoms with Crippen molar-refractivity contribution >= 4 is 29.0 Å². The van der Waals surface area contributed by atoms with Gasteiger partial charge in [-0.1, -0.05) is 12.2 Å². The lowest BCUT2D eigenvalue weighted by Gasteiger charge is -2.44. The van der Waals surface area contributed by atoms with E-state index in [0.717, 1.165) is 69.7 Å². The van der Waals surface area contributed by atoms with Crippen molar-refractivity contribution in [3.63, 3.8) is 0 Å². The zero-order valence-corrected chi connectivity index (χ0v) is 26.6. The average Bonchev–Trinajstić information content (AvgIpc) is 3.44. The van der Waals surface area contributed by atoms with E-state index < -0.39 is 11.7 Å². The molecule has 1 aromatic heterocycles. The van der Waals surface area contributed by atoms with Crippen molar-refractivity contribution in [1.82, 2.24) is 25.1 Å². The maximum absolute atomic E-state index is 13.9. The Bertz CT molecular complexity index is 1460. The molecule has 3 aliphatic heterocycles. The van der Waals surface area contributed by atoms with Crippen LogP contribution in [0.4, 0.5) is 36.3 Å². The van der Waals surface area contributed by atoms with Crippen molar-refractivity contribution in [2.75, 3.05) is 68.5 Å². The molecule has 10 nitrogen and oxygen atoms in total. The molecule has 4 aliphatic rings. The van der Waals surface area contributed by atoms with Crippen LogP contribution in [0.5, 0.6) is 5.75 Å². The number of carbonyl (C=O) groups is 1. The van der Waals surface area contributed by atoms with Crippen molar-refractivity contribution in [3.8, 4) is 5.75 Å². The Balaban J connectivity index is 1.10. The van der Waals surface area contributed by atoms with Gasteiger partial charge in [0.25, 0.3) is 0 Å². The first-order valence-electron chi connectivity index (χ1n) is 16.1. The molecule has 4 heterocycles. The predicted octanol–water partition coefficient (Wildman–Crippen LogP) is 4.86. The molecule has 2 atom stereocenters. The van der Waals surface area contributed by atoms with E-state index >= 15 is 0 Å². The number of fused-ring (bicyclic) bond motifs is 1. The van der Waals surface area contributed by atoms with Crippen LogP contribution in [0.1, 0.15) is 38.7 Å². The third-order valence-corrected chi connectivity index (χ3v) is 9.70. The van der Waals surface area contributed by atoms with E-state index in [1.807, 2.05) is 36.4 Å². The van der Waals surface area contributed by atoms with Gasteiger partial charge in [0.1, 0.15) is 17.1 Å². The van der Waals surface area contributed by atoms with Gasteiger partial charge in [-0.05, 0) is 44.9 Å². The molecule has 3 fully saturated rings. The number of carbonyl (C=O) groups excluding carboxylic acids is 1. The minimum absolute atomic E-state index is 0.0115. The molecule has 2 unspecified atom stereocenters. The number of rotatable bonds is 9. The summed E-state index contributed by atoms with van der Waals surface area (Å²) in [5, 5.41) is 8.76. The summed E-state index contributed by atoms with van der Waals surface area (Å²) < 4.78 is 47.4. The van der Waals surface area contributed by atoms with Crippen LogP contribution in [0.2, 0.25) is 0 Å². The molecule has 0 saturated carbocycles. The highest BCUT2D eigenvalue weighted by molar-refractivity contribution is 5.82. The summed E-state index contributed by atoms with van der Waals surface area (Å²) in [4.78, 5) is 27.7. The highest BCUT2D eigenvalue weighted by atomic mass is 19.4. The van der Waals surface area contributed by atoms with Gasteiger partial charge >= 0.3 is 6.18 Å². The maximum atomic E-state index is 13.9. The molecule has 6 rings (SSSR count). The number of hydrogen-bond acceptors (Lipinski definition) is 9. The fraction of sp³-hybridized carbons (Fsp3) is 0.545. The summed E-state index contributed by atoms with van der Waals surface area (Å²) in [6, 6.07) is 6.98. The Hall–Kier alpha value is -3.84. The molecule has 46 heavy (non-hydrogen) atoms. The van der Waals surface area contributed by atoms with Crippen LogP contribution < -0.4 is 25.6 Å². The first-order valence-corrected chi connectivity index (χ1v) is 16.1. The van der Waals surface area contributed by atoms with E-state index in [-0.39, 0.29) is 36.1 Å². The van der Waals surface area contributed by atoms with Gasteiger partial charge in [0.2, 0.25) is 11.9 Å². The molecule has 1 aromatic carbocycles. The van der Waals surface area contributed by atoms with Gasteiger partial charge in [0.15, 0.2) is 0 Å². The Kier molecular flexibility index (Phi) is 9.42. The molecule has 1 aliphatic carbocycles. The monoisotopic (exact) mass is 640 g/mol. The van der Waals surface area contributed by atoms with Gasteiger partial charge in [-0.25, -0.2) is 4.98 Å². The number of halogens is 3. The number of aromatic nitrogens is 2. The lowest BCUT2D eigenvalue weighted by atomic mass is 9.85. The van der Waals surface area contributed by atoms with Crippen molar-refractivity contribution in [2.24, 2.45) is 11.8 Å². The number of methoxy groups -OCH3 is 1. The van der Waals surface area contributed by atoms with Gasteiger partial charge in [-0.15, -0.1) is 0 Å². The van der Waals surface area contributed by atoms with Gasteiger partial charge in [0.05, 0.1) is 12.8 Å². The maximum Gasteiger partial charge on any atom is 0.421 e. The third-order valence-electron chi connectivity index (χ3n) is 9.70. The Labute approximate surface area is 268 Å². The summed E-state index contributed by atoms with van der Waals surface area (Å²) in [5.41, 5.74) is 1.42. The fourth-order valence-corrected chi connectivity index (χ4v) is 7.02. The van der Waals surface area contributed by atoms with Crippen LogP contribution in [0, 0.1) is 11.8 Å². The standard InChI is InChI=1S/C33H43F3N8O2/c1-21(2)42-13-15-44(16-14-42)23-9-11-43(12-10-23)24-7-8-28(29(17-24)46-3)40-32-38-20-26(33(34,35)36)31(41-32)37-19-22-5-4-6-27-25(22)18-30(45)39-27/h4-8,17,20-23,25H,9-16,18-19H2,1-3H3,(H,39,45)(H2,37,38,40,41). The molecule has 13 heteroatoms. The first kappa shape index (κ1) is 32.1. The Morgan fingerprint density at radius 3 is 2.57 bits per heavy atom. The number of piperidine rings is 1. The summed E-state index contributed by atoms with van der Waals surface area (Å²) in [6.07, 6.45) is 4.18. The summed E-state index contributed by atoms with van der Waals surface area (Å²) >= 11 is 0. The normalized spacial score (nSPS) is 22.9. The third kappa shape index (κ3) is 7.10. The molecule has 2 aromatic rings. The number of anilines is 4.